The van der Waals surface area contributed by atoms with Crippen molar-refractivity contribution in [1.82, 2.24) is 5.32 Å². The molecule has 0 radical (unpaired) electrons. The molecule has 0 aromatic heterocycles. The molecule has 0 fully saturated rings. The smallest absolute Gasteiger partial charge is 0.408 e. The second-order valence-electron chi connectivity index (χ2n) is 5.81. The summed E-state index contributed by atoms with van der Waals surface area (Å²) in [6.07, 6.45) is -1.28. The van der Waals surface area contributed by atoms with Crippen molar-refractivity contribution in [2.75, 3.05) is 6.67 Å². The maximum Gasteiger partial charge on any atom is 0.408 e. The molecule has 0 aliphatic rings. The summed E-state index contributed by atoms with van der Waals surface area (Å²) in [5.74, 6) is -2.52. The first-order valence-corrected chi connectivity index (χ1v) is 6.60. The molecule has 0 aliphatic heterocycles. The van der Waals surface area contributed by atoms with Gasteiger partial charge in [-0.25, -0.2) is 18.0 Å². The number of halogens is 3. The summed E-state index contributed by atoms with van der Waals surface area (Å²) in [7, 11) is 0. The van der Waals surface area contributed by atoms with Crippen LogP contribution in [0.15, 0.2) is 18.2 Å². The largest absolute Gasteiger partial charge is 0.444 e. The number of aldehydes is 1. The van der Waals surface area contributed by atoms with Gasteiger partial charge < -0.3 is 14.8 Å². The monoisotopic (exact) mass is 317 g/mol. The first-order valence-electron chi connectivity index (χ1n) is 6.60. The van der Waals surface area contributed by atoms with Crippen LogP contribution >= 0.6 is 0 Å². The topological polar surface area (TPSA) is 55.4 Å². The highest BCUT2D eigenvalue weighted by Gasteiger charge is 2.38. The summed E-state index contributed by atoms with van der Waals surface area (Å²) in [4.78, 5) is 22.7. The van der Waals surface area contributed by atoms with Gasteiger partial charge in [-0.1, -0.05) is 12.1 Å². The minimum Gasteiger partial charge on any atom is -0.444 e. The van der Waals surface area contributed by atoms with Crippen molar-refractivity contribution in [3.63, 3.8) is 0 Å². The Morgan fingerprint density at radius 3 is 2.45 bits per heavy atom. The number of nitrogens with one attached hydrogen (secondary N) is 1. The van der Waals surface area contributed by atoms with Gasteiger partial charge in [-0.15, -0.1) is 0 Å². The van der Waals surface area contributed by atoms with Crippen molar-refractivity contribution in [2.24, 2.45) is 0 Å². The number of ether oxygens (including phenoxy) is 1. The van der Waals surface area contributed by atoms with E-state index in [1.165, 1.54) is 6.07 Å². The van der Waals surface area contributed by atoms with E-state index in [0.717, 1.165) is 12.1 Å². The van der Waals surface area contributed by atoms with Gasteiger partial charge in [-0.3, -0.25) is 0 Å². The number of amides is 1. The van der Waals surface area contributed by atoms with E-state index in [9.17, 15) is 22.8 Å². The summed E-state index contributed by atoms with van der Waals surface area (Å²) in [5, 5.41) is 2.15. The molecule has 0 bridgehead atoms. The molecule has 0 saturated carbocycles. The molecule has 22 heavy (non-hydrogen) atoms. The Balaban J connectivity index is 3.23. The van der Waals surface area contributed by atoms with Crippen molar-refractivity contribution in [1.29, 1.82) is 0 Å². The number of benzene rings is 1. The van der Waals surface area contributed by atoms with Crippen molar-refractivity contribution in [3.8, 4) is 0 Å². The maximum absolute atomic E-state index is 13.9. The molecule has 1 aromatic rings. The van der Waals surface area contributed by atoms with E-state index in [1.54, 1.807) is 20.8 Å². The number of hydrogen-bond acceptors (Lipinski definition) is 3. The summed E-state index contributed by atoms with van der Waals surface area (Å²) >= 11 is 0. The third-order valence-electron chi connectivity index (χ3n) is 2.87. The Morgan fingerprint density at radius 1 is 1.32 bits per heavy atom. The fourth-order valence-corrected chi connectivity index (χ4v) is 1.90. The van der Waals surface area contributed by atoms with Gasteiger partial charge in [0.25, 0.3) is 0 Å². The average molecular weight is 317 g/mol. The highest BCUT2D eigenvalue weighted by atomic mass is 19.2. The summed E-state index contributed by atoms with van der Waals surface area (Å²) in [5.41, 5.74) is -3.34. The lowest BCUT2D eigenvalue weighted by atomic mass is 9.87. The zero-order valence-corrected chi connectivity index (χ0v) is 12.6. The van der Waals surface area contributed by atoms with Gasteiger partial charge in [0.1, 0.15) is 24.1 Å². The number of carbonyl (C=O) groups is 2. The lowest BCUT2D eigenvalue weighted by molar-refractivity contribution is -0.109. The molecule has 7 heteroatoms. The van der Waals surface area contributed by atoms with Crippen LogP contribution in [0, 0.1) is 11.6 Å². The minimum absolute atomic E-state index is 0.321. The number of rotatable bonds is 5. The van der Waals surface area contributed by atoms with E-state index in [-0.39, 0.29) is 0 Å². The molecule has 0 aliphatic carbocycles. The molecular formula is C15H18F3NO3. The van der Waals surface area contributed by atoms with Crippen LogP contribution in [0.5, 0.6) is 0 Å². The molecule has 0 saturated heterocycles. The van der Waals surface area contributed by atoms with Crippen molar-refractivity contribution in [2.45, 2.75) is 38.3 Å². The molecule has 4 nitrogen and oxygen atoms in total. The SMILES string of the molecule is CC(C)(C)OC(=O)N[C@@](CF)(CC=O)c1cccc(F)c1F. The Bertz CT molecular complexity index is 557. The van der Waals surface area contributed by atoms with Crippen molar-refractivity contribution in [3.05, 3.63) is 35.4 Å². The molecule has 0 spiro atoms. The lowest BCUT2D eigenvalue weighted by Crippen LogP contribution is -2.50. The summed E-state index contributed by atoms with van der Waals surface area (Å²) < 4.78 is 45.9. The van der Waals surface area contributed by atoms with Gasteiger partial charge in [0.15, 0.2) is 11.6 Å². The molecule has 1 N–H and O–H groups in total. The first-order chi connectivity index (χ1) is 10.1. The van der Waals surface area contributed by atoms with Crippen LogP contribution in [0.1, 0.15) is 32.8 Å². The van der Waals surface area contributed by atoms with Gasteiger partial charge in [0, 0.05) is 12.0 Å². The Labute approximate surface area is 126 Å². The highest BCUT2D eigenvalue weighted by molar-refractivity contribution is 5.70. The van der Waals surface area contributed by atoms with Crippen LogP contribution in [0.4, 0.5) is 18.0 Å². The third kappa shape index (κ3) is 4.22. The van der Waals surface area contributed by atoms with Gasteiger partial charge in [0.2, 0.25) is 0 Å². The Kier molecular flexibility index (Phi) is 5.57. The second-order valence-corrected chi connectivity index (χ2v) is 5.81. The van der Waals surface area contributed by atoms with Crippen LogP contribution in [0.3, 0.4) is 0 Å². The fraction of sp³-hybridized carbons (Fsp3) is 0.467. The molecule has 0 unspecified atom stereocenters. The van der Waals surface area contributed by atoms with E-state index < -0.39 is 47.5 Å². The number of hydrogen-bond donors (Lipinski definition) is 1. The van der Waals surface area contributed by atoms with Gasteiger partial charge >= 0.3 is 6.09 Å². The van der Waals surface area contributed by atoms with Gasteiger partial charge in [0.05, 0.1) is 0 Å². The van der Waals surface area contributed by atoms with Crippen LogP contribution < -0.4 is 5.32 Å². The highest BCUT2D eigenvalue weighted by Crippen LogP contribution is 2.29. The van der Waals surface area contributed by atoms with Crippen molar-refractivity contribution < 1.29 is 27.5 Å². The van der Waals surface area contributed by atoms with E-state index in [2.05, 4.69) is 5.32 Å². The van der Waals surface area contributed by atoms with Gasteiger partial charge in [-0.2, -0.15) is 0 Å². The molecular weight excluding hydrogens is 299 g/mol. The zero-order valence-electron chi connectivity index (χ0n) is 12.6. The van der Waals surface area contributed by atoms with E-state index in [0.29, 0.717) is 6.29 Å². The third-order valence-corrected chi connectivity index (χ3v) is 2.87. The Hall–Kier alpha value is -2.05. The normalized spacial score (nSPS) is 14.1. The maximum atomic E-state index is 13.9. The van der Waals surface area contributed by atoms with E-state index in [4.69, 9.17) is 4.74 Å². The number of carbonyl (C=O) groups excluding carboxylic acids is 2. The van der Waals surface area contributed by atoms with Crippen molar-refractivity contribution >= 4 is 12.4 Å². The number of alkyl carbamates (subject to hydrolysis) is 1. The van der Waals surface area contributed by atoms with Crippen LogP contribution in [0.25, 0.3) is 0 Å². The quantitative estimate of drug-likeness (QED) is 0.848. The van der Waals surface area contributed by atoms with E-state index in [1.807, 2.05) is 0 Å². The molecule has 1 rings (SSSR count). The first kappa shape index (κ1) is 18.0. The summed E-state index contributed by atoms with van der Waals surface area (Å²) in [6.45, 7) is 3.47. The van der Waals surface area contributed by atoms with Gasteiger partial charge in [-0.05, 0) is 26.8 Å². The zero-order chi connectivity index (χ0) is 17.0. The second kappa shape index (κ2) is 6.81. The molecule has 1 amide bonds. The minimum atomic E-state index is -2.02. The molecule has 122 valence electrons. The lowest BCUT2D eigenvalue weighted by Gasteiger charge is -2.32. The predicted molar refractivity (Wildman–Crippen MR) is 74.1 cm³/mol. The number of alkyl halides is 1. The molecule has 0 heterocycles. The van der Waals surface area contributed by atoms with Crippen LogP contribution in [0.2, 0.25) is 0 Å². The van der Waals surface area contributed by atoms with E-state index >= 15 is 0 Å². The average Bonchev–Trinajstić information content (AvgIpc) is 2.39. The van der Waals surface area contributed by atoms with Crippen LogP contribution in [-0.4, -0.2) is 24.7 Å². The van der Waals surface area contributed by atoms with Crippen LogP contribution in [-0.2, 0) is 15.1 Å². The summed E-state index contributed by atoms with van der Waals surface area (Å²) in [6, 6.07) is 3.13. The predicted octanol–water partition coefficient (Wildman–Crippen LogP) is 3.24. The molecule has 1 aromatic carbocycles. The Morgan fingerprint density at radius 2 is 1.95 bits per heavy atom. The standard InChI is InChI=1S/C15H18F3NO3/c1-14(2,3)22-13(21)19-15(9-16,7-8-20)10-5-4-6-11(17)12(10)18/h4-6,8H,7,9H2,1-3H3,(H,19,21)/t15-/m1/s1. The fourth-order valence-electron chi connectivity index (χ4n) is 1.90. The molecule has 1 atom stereocenters.